The molecule has 0 bridgehead atoms. The predicted molar refractivity (Wildman–Crippen MR) is 43.7 cm³/mol. The van der Waals surface area contributed by atoms with Crippen LogP contribution in [0.2, 0.25) is 0 Å². The van der Waals surface area contributed by atoms with Crippen LogP contribution in [-0.2, 0) is 5.54 Å². The van der Waals surface area contributed by atoms with Gasteiger partial charge in [-0.3, -0.25) is 0 Å². The van der Waals surface area contributed by atoms with Gasteiger partial charge in [0.15, 0.2) is 0 Å². The molecule has 1 aliphatic rings. The third kappa shape index (κ3) is 0.886. The largest absolute Gasteiger partial charge is 0.320 e. The molecule has 0 aromatic carbocycles. The Bertz CT molecular complexity index is 283. The van der Waals surface area contributed by atoms with Gasteiger partial charge >= 0.3 is 0 Å². The first-order valence-electron chi connectivity index (χ1n) is 3.72. The summed E-state index contributed by atoms with van der Waals surface area (Å²) in [6.45, 7) is 3.65. The molecule has 3 nitrogen and oxygen atoms in total. The van der Waals surface area contributed by atoms with E-state index in [-0.39, 0.29) is 5.54 Å². The molecule has 58 valence electrons. The first-order chi connectivity index (χ1) is 5.26. The molecule has 1 aromatic rings. The molecule has 0 radical (unpaired) electrons. The summed E-state index contributed by atoms with van der Waals surface area (Å²) in [6, 6.07) is 1.95. The van der Waals surface area contributed by atoms with Gasteiger partial charge in [0.2, 0.25) is 0 Å². The van der Waals surface area contributed by atoms with Crippen LogP contribution in [0.5, 0.6) is 0 Å². The van der Waals surface area contributed by atoms with Gasteiger partial charge in [0.05, 0.1) is 11.2 Å². The highest BCUT2D eigenvalue weighted by Crippen LogP contribution is 2.42. The lowest BCUT2D eigenvalue weighted by Crippen LogP contribution is -2.21. The standard InChI is InChI=1S/C8H11N3/c1-2-11-7(3-6-10-11)8(9)4-5-8/h2-3,6H,1,4-5,9H2. The predicted octanol–water partition coefficient (Wildman–Crippen LogP) is 0.931. The van der Waals surface area contributed by atoms with E-state index in [0.717, 1.165) is 18.5 Å². The Hall–Kier alpha value is -1.09. The average molecular weight is 149 g/mol. The summed E-state index contributed by atoms with van der Waals surface area (Å²) < 4.78 is 1.74. The Balaban J connectivity index is 2.43. The Morgan fingerprint density at radius 1 is 1.73 bits per heavy atom. The van der Waals surface area contributed by atoms with Crippen LogP contribution in [0.15, 0.2) is 18.8 Å². The van der Waals surface area contributed by atoms with Crippen molar-refractivity contribution in [3.8, 4) is 0 Å². The third-order valence-electron chi connectivity index (χ3n) is 2.14. The van der Waals surface area contributed by atoms with Crippen LogP contribution in [0.1, 0.15) is 18.5 Å². The number of aromatic nitrogens is 2. The summed E-state index contributed by atoms with van der Waals surface area (Å²) in [4.78, 5) is 0. The average Bonchev–Trinajstić information content (AvgIpc) is 2.61. The van der Waals surface area contributed by atoms with Crippen LogP contribution in [-0.4, -0.2) is 9.78 Å². The summed E-state index contributed by atoms with van der Waals surface area (Å²) in [7, 11) is 0. The fourth-order valence-electron chi connectivity index (χ4n) is 1.24. The minimum atomic E-state index is -0.106. The molecule has 1 aliphatic carbocycles. The Morgan fingerprint density at radius 3 is 3.00 bits per heavy atom. The second-order valence-corrected chi connectivity index (χ2v) is 3.00. The smallest absolute Gasteiger partial charge is 0.0634 e. The molecule has 0 unspecified atom stereocenters. The Morgan fingerprint density at radius 2 is 2.45 bits per heavy atom. The zero-order chi connectivity index (χ0) is 7.90. The van der Waals surface area contributed by atoms with Crippen molar-refractivity contribution in [2.75, 3.05) is 0 Å². The maximum Gasteiger partial charge on any atom is 0.0634 e. The van der Waals surface area contributed by atoms with Gasteiger partial charge in [0.25, 0.3) is 0 Å². The summed E-state index contributed by atoms with van der Waals surface area (Å²) in [6.07, 6.45) is 5.56. The van der Waals surface area contributed by atoms with E-state index in [9.17, 15) is 0 Å². The highest BCUT2D eigenvalue weighted by Gasteiger charge is 2.42. The SMILES string of the molecule is C=Cn1nccc1C1(N)CC1. The fourth-order valence-corrected chi connectivity index (χ4v) is 1.24. The lowest BCUT2D eigenvalue weighted by Gasteiger charge is -2.07. The Kier molecular flexibility index (Phi) is 1.17. The first kappa shape index (κ1) is 6.61. The zero-order valence-corrected chi connectivity index (χ0v) is 6.33. The highest BCUT2D eigenvalue weighted by atomic mass is 15.3. The molecule has 0 atom stereocenters. The van der Waals surface area contributed by atoms with E-state index in [1.54, 1.807) is 17.1 Å². The number of hydrogen-bond acceptors (Lipinski definition) is 2. The van der Waals surface area contributed by atoms with Gasteiger partial charge < -0.3 is 5.73 Å². The molecule has 1 heterocycles. The summed E-state index contributed by atoms with van der Waals surface area (Å²) >= 11 is 0. The third-order valence-corrected chi connectivity index (χ3v) is 2.14. The van der Waals surface area contributed by atoms with Crippen LogP contribution in [0, 0.1) is 0 Å². The molecule has 2 rings (SSSR count). The van der Waals surface area contributed by atoms with Gasteiger partial charge in [0.1, 0.15) is 0 Å². The van der Waals surface area contributed by atoms with Crippen molar-refractivity contribution in [3.05, 3.63) is 24.5 Å². The molecular weight excluding hydrogens is 138 g/mol. The molecule has 0 saturated heterocycles. The number of hydrogen-bond donors (Lipinski definition) is 1. The molecule has 0 aliphatic heterocycles. The van der Waals surface area contributed by atoms with Gasteiger partial charge in [0, 0.05) is 12.4 Å². The van der Waals surface area contributed by atoms with Crippen LogP contribution >= 0.6 is 0 Å². The molecule has 1 fully saturated rings. The molecule has 11 heavy (non-hydrogen) atoms. The van der Waals surface area contributed by atoms with Gasteiger partial charge in [-0.1, -0.05) is 6.58 Å². The second kappa shape index (κ2) is 1.95. The van der Waals surface area contributed by atoms with E-state index < -0.39 is 0 Å². The maximum absolute atomic E-state index is 5.98. The zero-order valence-electron chi connectivity index (χ0n) is 6.33. The van der Waals surface area contributed by atoms with Crippen molar-refractivity contribution in [1.82, 2.24) is 9.78 Å². The van der Waals surface area contributed by atoms with Gasteiger partial charge in [-0.15, -0.1) is 0 Å². The molecule has 0 amide bonds. The molecule has 2 N–H and O–H groups in total. The van der Waals surface area contributed by atoms with Crippen LogP contribution < -0.4 is 5.73 Å². The second-order valence-electron chi connectivity index (χ2n) is 3.00. The van der Waals surface area contributed by atoms with E-state index in [0.29, 0.717) is 0 Å². The van der Waals surface area contributed by atoms with Crippen molar-refractivity contribution in [2.45, 2.75) is 18.4 Å². The minimum Gasteiger partial charge on any atom is -0.320 e. The van der Waals surface area contributed by atoms with Gasteiger partial charge in [-0.05, 0) is 18.9 Å². The van der Waals surface area contributed by atoms with E-state index in [1.807, 2.05) is 6.07 Å². The van der Waals surface area contributed by atoms with Crippen LogP contribution in [0.25, 0.3) is 6.20 Å². The number of nitrogens with two attached hydrogens (primary N) is 1. The van der Waals surface area contributed by atoms with Crippen molar-refractivity contribution in [3.63, 3.8) is 0 Å². The van der Waals surface area contributed by atoms with E-state index in [4.69, 9.17) is 5.73 Å². The molecule has 3 heteroatoms. The van der Waals surface area contributed by atoms with Crippen LogP contribution in [0.3, 0.4) is 0 Å². The molecule has 1 saturated carbocycles. The lowest BCUT2D eigenvalue weighted by atomic mass is 10.2. The van der Waals surface area contributed by atoms with Crippen molar-refractivity contribution in [2.24, 2.45) is 5.73 Å². The van der Waals surface area contributed by atoms with Crippen molar-refractivity contribution < 1.29 is 0 Å². The first-order valence-corrected chi connectivity index (χ1v) is 3.72. The Labute approximate surface area is 65.5 Å². The van der Waals surface area contributed by atoms with Gasteiger partial charge in [-0.2, -0.15) is 5.10 Å². The van der Waals surface area contributed by atoms with E-state index in [2.05, 4.69) is 11.7 Å². The summed E-state index contributed by atoms with van der Waals surface area (Å²) in [5.41, 5.74) is 6.95. The fraction of sp³-hybridized carbons (Fsp3) is 0.375. The number of nitrogens with zero attached hydrogens (tertiary/aromatic N) is 2. The minimum absolute atomic E-state index is 0.106. The number of rotatable bonds is 2. The monoisotopic (exact) mass is 149 g/mol. The summed E-state index contributed by atoms with van der Waals surface area (Å²) in [5.74, 6) is 0. The van der Waals surface area contributed by atoms with E-state index >= 15 is 0 Å². The maximum atomic E-state index is 5.98. The highest BCUT2D eigenvalue weighted by molar-refractivity contribution is 5.29. The van der Waals surface area contributed by atoms with Crippen molar-refractivity contribution >= 4 is 6.20 Å². The summed E-state index contributed by atoms with van der Waals surface area (Å²) in [5, 5.41) is 4.06. The van der Waals surface area contributed by atoms with Crippen LogP contribution in [0.4, 0.5) is 0 Å². The lowest BCUT2D eigenvalue weighted by molar-refractivity contribution is 0.671. The molecule has 0 spiro atoms. The quantitative estimate of drug-likeness (QED) is 0.679. The van der Waals surface area contributed by atoms with Crippen molar-refractivity contribution in [1.29, 1.82) is 0 Å². The molecular formula is C8H11N3. The molecule has 1 aromatic heterocycles. The normalized spacial score (nSPS) is 19.7. The van der Waals surface area contributed by atoms with E-state index in [1.165, 1.54) is 0 Å². The van der Waals surface area contributed by atoms with Gasteiger partial charge in [-0.25, -0.2) is 4.68 Å². The topological polar surface area (TPSA) is 43.8 Å².